The normalized spacial score (nSPS) is 10.7. The van der Waals surface area contributed by atoms with Gasteiger partial charge in [0.15, 0.2) is 0 Å². The van der Waals surface area contributed by atoms with E-state index in [4.69, 9.17) is 0 Å². The number of pyridine rings is 1. The number of rotatable bonds is 5. The first-order chi connectivity index (χ1) is 9.20. The number of aryl methyl sites for hydroxylation is 2. The van der Waals surface area contributed by atoms with E-state index >= 15 is 0 Å². The van der Waals surface area contributed by atoms with Gasteiger partial charge in [0.05, 0.1) is 0 Å². The van der Waals surface area contributed by atoms with E-state index in [-0.39, 0.29) is 0 Å². The second-order valence-electron chi connectivity index (χ2n) is 5.08. The van der Waals surface area contributed by atoms with Crippen LogP contribution < -0.4 is 5.32 Å². The van der Waals surface area contributed by atoms with Crippen LogP contribution >= 0.6 is 0 Å². The molecule has 1 aromatic carbocycles. The summed E-state index contributed by atoms with van der Waals surface area (Å²) in [6.45, 7) is 8.45. The van der Waals surface area contributed by atoms with Gasteiger partial charge in [-0.3, -0.25) is 4.98 Å². The molecule has 0 saturated heterocycles. The molecule has 1 aromatic heterocycles. The van der Waals surface area contributed by atoms with Crippen molar-refractivity contribution >= 4 is 0 Å². The Hall–Kier alpha value is -1.67. The zero-order valence-electron chi connectivity index (χ0n) is 12.0. The lowest BCUT2D eigenvalue weighted by Crippen LogP contribution is -2.13. The van der Waals surface area contributed by atoms with Gasteiger partial charge in [-0.2, -0.15) is 0 Å². The molecule has 1 heterocycles. The van der Waals surface area contributed by atoms with E-state index in [1.807, 2.05) is 12.4 Å². The van der Waals surface area contributed by atoms with Crippen molar-refractivity contribution < 1.29 is 0 Å². The molecule has 0 saturated carbocycles. The molecule has 1 N–H and O–H groups in total. The quantitative estimate of drug-likeness (QED) is 0.819. The van der Waals surface area contributed by atoms with Gasteiger partial charge in [0.2, 0.25) is 0 Å². The Kier molecular flexibility index (Phi) is 4.69. The Morgan fingerprint density at radius 3 is 2.63 bits per heavy atom. The number of aromatic nitrogens is 1. The summed E-state index contributed by atoms with van der Waals surface area (Å²) in [5.41, 5.74) is 6.32. The van der Waals surface area contributed by atoms with Crippen molar-refractivity contribution in [1.82, 2.24) is 10.3 Å². The number of hydrogen-bond donors (Lipinski definition) is 1. The molecule has 2 rings (SSSR count). The van der Waals surface area contributed by atoms with Gasteiger partial charge in [0, 0.05) is 24.5 Å². The van der Waals surface area contributed by atoms with Crippen LogP contribution in [0.3, 0.4) is 0 Å². The van der Waals surface area contributed by atoms with E-state index in [1.54, 1.807) is 0 Å². The summed E-state index contributed by atoms with van der Waals surface area (Å²) < 4.78 is 0. The fraction of sp³-hybridized carbons (Fsp3) is 0.353. The largest absolute Gasteiger partial charge is 0.313 e. The fourth-order valence-corrected chi connectivity index (χ4v) is 2.27. The van der Waals surface area contributed by atoms with Crippen molar-refractivity contribution in [1.29, 1.82) is 0 Å². The van der Waals surface area contributed by atoms with Crippen LogP contribution in [0.4, 0.5) is 0 Å². The highest BCUT2D eigenvalue weighted by molar-refractivity contribution is 5.67. The predicted molar refractivity (Wildman–Crippen MR) is 81.1 cm³/mol. The molecule has 0 radical (unpaired) electrons. The lowest BCUT2D eigenvalue weighted by atomic mass is 9.99. The van der Waals surface area contributed by atoms with Crippen molar-refractivity contribution in [2.75, 3.05) is 6.54 Å². The van der Waals surface area contributed by atoms with Gasteiger partial charge < -0.3 is 5.32 Å². The molecule has 0 spiro atoms. The lowest BCUT2D eigenvalue weighted by Gasteiger charge is -2.10. The first-order valence-electron chi connectivity index (χ1n) is 6.93. The smallest absolute Gasteiger partial charge is 0.0346 e. The SMILES string of the molecule is CCCNCc1ccc(-c2cncc(C)c2)c(C)c1. The minimum Gasteiger partial charge on any atom is -0.313 e. The third-order valence-corrected chi connectivity index (χ3v) is 3.23. The molecule has 0 amide bonds. The van der Waals surface area contributed by atoms with Gasteiger partial charge in [0.25, 0.3) is 0 Å². The second-order valence-corrected chi connectivity index (χ2v) is 5.08. The van der Waals surface area contributed by atoms with Gasteiger partial charge in [-0.1, -0.05) is 25.1 Å². The van der Waals surface area contributed by atoms with Crippen LogP contribution in [0.2, 0.25) is 0 Å². The van der Waals surface area contributed by atoms with Crippen molar-refractivity contribution in [3.8, 4) is 11.1 Å². The molecule has 2 nitrogen and oxygen atoms in total. The fourth-order valence-electron chi connectivity index (χ4n) is 2.27. The van der Waals surface area contributed by atoms with Crippen LogP contribution in [0.5, 0.6) is 0 Å². The van der Waals surface area contributed by atoms with Crippen molar-refractivity contribution in [2.45, 2.75) is 33.7 Å². The highest BCUT2D eigenvalue weighted by Crippen LogP contribution is 2.24. The van der Waals surface area contributed by atoms with E-state index in [0.29, 0.717) is 0 Å². The summed E-state index contributed by atoms with van der Waals surface area (Å²) in [7, 11) is 0. The molecule has 2 heteroatoms. The molecule has 0 fully saturated rings. The maximum Gasteiger partial charge on any atom is 0.0346 e. The van der Waals surface area contributed by atoms with Crippen molar-refractivity contribution in [3.63, 3.8) is 0 Å². The number of nitrogens with one attached hydrogen (secondary N) is 1. The summed E-state index contributed by atoms with van der Waals surface area (Å²) in [6.07, 6.45) is 5.00. The Morgan fingerprint density at radius 2 is 1.95 bits per heavy atom. The molecule has 0 aliphatic heterocycles. The molecule has 0 bridgehead atoms. The lowest BCUT2D eigenvalue weighted by molar-refractivity contribution is 0.675. The molecule has 0 atom stereocenters. The molecule has 19 heavy (non-hydrogen) atoms. The van der Waals surface area contributed by atoms with Crippen LogP contribution in [-0.4, -0.2) is 11.5 Å². The minimum atomic E-state index is 0.945. The van der Waals surface area contributed by atoms with Crippen LogP contribution in [0.25, 0.3) is 11.1 Å². The van der Waals surface area contributed by atoms with Crippen molar-refractivity contribution in [2.24, 2.45) is 0 Å². The molecular weight excluding hydrogens is 232 g/mol. The monoisotopic (exact) mass is 254 g/mol. The second kappa shape index (κ2) is 6.48. The van der Waals surface area contributed by atoms with Crippen LogP contribution in [-0.2, 0) is 6.54 Å². The van der Waals surface area contributed by atoms with Gasteiger partial charge in [-0.05, 0) is 55.1 Å². The van der Waals surface area contributed by atoms with Gasteiger partial charge in [-0.25, -0.2) is 0 Å². The van der Waals surface area contributed by atoms with Gasteiger partial charge >= 0.3 is 0 Å². The topological polar surface area (TPSA) is 24.9 Å². The Labute approximate surface area is 115 Å². The zero-order chi connectivity index (χ0) is 13.7. The maximum absolute atomic E-state index is 4.27. The minimum absolute atomic E-state index is 0.945. The summed E-state index contributed by atoms with van der Waals surface area (Å²) in [6, 6.07) is 8.85. The number of nitrogens with zero attached hydrogens (tertiary/aromatic N) is 1. The number of benzene rings is 1. The van der Waals surface area contributed by atoms with Gasteiger partial charge in [0.1, 0.15) is 0 Å². The van der Waals surface area contributed by atoms with Crippen molar-refractivity contribution in [3.05, 3.63) is 53.3 Å². The molecule has 0 aliphatic carbocycles. The van der Waals surface area contributed by atoms with Crippen LogP contribution in [0, 0.1) is 13.8 Å². The van der Waals surface area contributed by atoms with E-state index in [2.05, 4.69) is 55.3 Å². The van der Waals surface area contributed by atoms with E-state index in [1.165, 1.54) is 34.2 Å². The Morgan fingerprint density at radius 1 is 1.11 bits per heavy atom. The van der Waals surface area contributed by atoms with E-state index in [9.17, 15) is 0 Å². The molecule has 100 valence electrons. The van der Waals surface area contributed by atoms with E-state index < -0.39 is 0 Å². The summed E-state index contributed by atoms with van der Waals surface area (Å²) >= 11 is 0. The summed E-state index contributed by atoms with van der Waals surface area (Å²) in [5, 5.41) is 3.43. The van der Waals surface area contributed by atoms with Crippen LogP contribution in [0.1, 0.15) is 30.0 Å². The molecular formula is C17H22N2. The first-order valence-corrected chi connectivity index (χ1v) is 6.93. The maximum atomic E-state index is 4.27. The Balaban J connectivity index is 2.19. The highest BCUT2D eigenvalue weighted by atomic mass is 14.8. The summed E-state index contributed by atoms with van der Waals surface area (Å²) in [4.78, 5) is 4.27. The first kappa shape index (κ1) is 13.8. The van der Waals surface area contributed by atoms with Gasteiger partial charge in [-0.15, -0.1) is 0 Å². The molecule has 0 aliphatic rings. The highest BCUT2D eigenvalue weighted by Gasteiger charge is 2.03. The standard InChI is InChI=1S/C17H22N2/c1-4-7-18-11-15-5-6-17(14(3)9-15)16-8-13(2)10-19-12-16/h5-6,8-10,12,18H,4,7,11H2,1-3H3. The third-order valence-electron chi connectivity index (χ3n) is 3.23. The molecule has 2 aromatic rings. The van der Waals surface area contributed by atoms with Crippen LogP contribution in [0.15, 0.2) is 36.7 Å². The number of hydrogen-bond acceptors (Lipinski definition) is 2. The zero-order valence-corrected chi connectivity index (χ0v) is 12.0. The Bertz CT molecular complexity index is 547. The third kappa shape index (κ3) is 3.65. The van der Waals surface area contributed by atoms with E-state index in [0.717, 1.165) is 13.1 Å². The predicted octanol–water partition coefficient (Wildman–Crippen LogP) is 3.87. The average molecular weight is 254 g/mol. The average Bonchev–Trinajstić information content (AvgIpc) is 2.39. The molecule has 0 unspecified atom stereocenters. The summed E-state index contributed by atoms with van der Waals surface area (Å²) in [5.74, 6) is 0.